The standard InChI is InChI=1S/C25H27N3O4S/c1-26(21-6-4-3-5-7-21)33(30,31)24-14-8-20(9-15-24)25(29)28-18-16-27(17-19-28)22-10-12-23(32-2)13-11-22/h3-15H,16-19H2,1-2H3. The molecular weight excluding hydrogens is 438 g/mol. The fraction of sp³-hybridized carbons (Fsp3) is 0.240. The summed E-state index contributed by atoms with van der Waals surface area (Å²) in [4.78, 5) is 17.2. The zero-order chi connectivity index (χ0) is 23.4. The number of carbonyl (C=O) groups excluding carboxylic acids is 1. The molecule has 0 unspecified atom stereocenters. The van der Waals surface area contributed by atoms with Gasteiger partial charge in [0.1, 0.15) is 5.75 Å². The molecule has 0 radical (unpaired) electrons. The molecule has 0 aliphatic carbocycles. The van der Waals surface area contributed by atoms with Crippen LogP contribution in [0.3, 0.4) is 0 Å². The second-order valence-corrected chi connectivity index (χ2v) is 9.78. The Labute approximate surface area is 194 Å². The monoisotopic (exact) mass is 465 g/mol. The lowest BCUT2D eigenvalue weighted by atomic mass is 10.1. The summed E-state index contributed by atoms with van der Waals surface area (Å²) in [5, 5.41) is 0. The fourth-order valence-electron chi connectivity index (χ4n) is 3.85. The predicted octanol–water partition coefficient (Wildman–Crippen LogP) is 3.48. The minimum Gasteiger partial charge on any atom is -0.497 e. The van der Waals surface area contributed by atoms with Crippen molar-refractivity contribution in [1.82, 2.24) is 4.90 Å². The van der Waals surface area contributed by atoms with Crippen LogP contribution in [-0.2, 0) is 10.0 Å². The van der Waals surface area contributed by atoms with Gasteiger partial charge in [-0.15, -0.1) is 0 Å². The average Bonchev–Trinajstić information content (AvgIpc) is 2.88. The van der Waals surface area contributed by atoms with Crippen LogP contribution in [0.15, 0.2) is 83.8 Å². The highest BCUT2D eigenvalue weighted by Gasteiger charge is 2.24. The first-order valence-corrected chi connectivity index (χ1v) is 12.2. The van der Waals surface area contributed by atoms with Crippen LogP contribution in [0.2, 0.25) is 0 Å². The van der Waals surface area contributed by atoms with Gasteiger partial charge in [-0.3, -0.25) is 9.10 Å². The number of hydrogen-bond acceptors (Lipinski definition) is 5. The lowest BCUT2D eigenvalue weighted by Gasteiger charge is -2.36. The van der Waals surface area contributed by atoms with Gasteiger partial charge in [-0.25, -0.2) is 8.42 Å². The molecule has 1 saturated heterocycles. The Kier molecular flexibility index (Phi) is 6.55. The summed E-state index contributed by atoms with van der Waals surface area (Å²) in [7, 11) is -0.548. The van der Waals surface area contributed by atoms with Crippen molar-refractivity contribution in [3.63, 3.8) is 0 Å². The van der Waals surface area contributed by atoms with Gasteiger partial charge in [0, 0.05) is 44.5 Å². The number of piperazine rings is 1. The van der Waals surface area contributed by atoms with Gasteiger partial charge >= 0.3 is 0 Å². The molecule has 7 nitrogen and oxygen atoms in total. The third kappa shape index (κ3) is 4.80. The van der Waals surface area contributed by atoms with Crippen LogP contribution in [-0.4, -0.2) is 59.6 Å². The lowest BCUT2D eigenvalue weighted by molar-refractivity contribution is 0.0746. The molecule has 8 heteroatoms. The molecule has 1 aliphatic heterocycles. The predicted molar refractivity (Wildman–Crippen MR) is 130 cm³/mol. The molecule has 0 spiro atoms. The molecule has 3 aromatic carbocycles. The summed E-state index contributed by atoms with van der Waals surface area (Å²) in [6.07, 6.45) is 0. The van der Waals surface area contributed by atoms with Gasteiger partial charge in [0.05, 0.1) is 17.7 Å². The average molecular weight is 466 g/mol. The van der Waals surface area contributed by atoms with Crippen LogP contribution >= 0.6 is 0 Å². The summed E-state index contributed by atoms with van der Waals surface area (Å²) < 4.78 is 32.3. The summed E-state index contributed by atoms with van der Waals surface area (Å²) in [5.41, 5.74) is 2.15. The minimum atomic E-state index is -3.71. The molecule has 0 saturated carbocycles. The van der Waals surface area contributed by atoms with Crippen molar-refractivity contribution in [3.8, 4) is 5.75 Å². The van der Waals surface area contributed by atoms with Crippen LogP contribution in [0.4, 0.5) is 11.4 Å². The molecule has 1 aliphatic rings. The van der Waals surface area contributed by atoms with Gasteiger partial charge in [0.2, 0.25) is 0 Å². The van der Waals surface area contributed by atoms with Crippen molar-refractivity contribution in [3.05, 3.63) is 84.4 Å². The maximum atomic E-state index is 13.0. The maximum Gasteiger partial charge on any atom is 0.264 e. The first kappa shape index (κ1) is 22.7. The van der Waals surface area contributed by atoms with Crippen molar-refractivity contribution in [2.24, 2.45) is 0 Å². The van der Waals surface area contributed by atoms with E-state index in [1.807, 2.05) is 30.3 Å². The van der Waals surface area contributed by atoms with E-state index in [0.717, 1.165) is 24.5 Å². The van der Waals surface area contributed by atoms with Crippen LogP contribution in [0, 0.1) is 0 Å². The zero-order valence-electron chi connectivity index (χ0n) is 18.7. The van der Waals surface area contributed by atoms with E-state index in [-0.39, 0.29) is 10.8 Å². The van der Waals surface area contributed by atoms with E-state index in [0.29, 0.717) is 24.3 Å². The number of anilines is 2. The van der Waals surface area contributed by atoms with Gasteiger partial charge in [0.25, 0.3) is 15.9 Å². The molecule has 1 heterocycles. The largest absolute Gasteiger partial charge is 0.497 e. The highest BCUT2D eigenvalue weighted by Crippen LogP contribution is 2.23. The number of rotatable bonds is 6. The Morgan fingerprint density at radius 1 is 0.848 bits per heavy atom. The quantitative estimate of drug-likeness (QED) is 0.558. The Morgan fingerprint density at radius 2 is 1.45 bits per heavy atom. The SMILES string of the molecule is COc1ccc(N2CCN(C(=O)c3ccc(S(=O)(=O)N(C)c4ccccc4)cc3)CC2)cc1. The first-order valence-electron chi connectivity index (χ1n) is 10.7. The van der Waals surface area contributed by atoms with E-state index in [9.17, 15) is 13.2 Å². The number of benzene rings is 3. The number of amides is 1. The Hall–Kier alpha value is -3.52. The van der Waals surface area contributed by atoms with Crippen LogP contribution in [0.25, 0.3) is 0 Å². The van der Waals surface area contributed by atoms with Gasteiger partial charge in [-0.05, 0) is 60.7 Å². The van der Waals surface area contributed by atoms with Crippen LogP contribution < -0.4 is 13.9 Å². The van der Waals surface area contributed by atoms with Gasteiger partial charge in [0.15, 0.2) is 0 Å². The summed E-state index contributed by atoms with van der Waals surface area (Å²) in [6.45, 7) is 2.65. The number of methoxy groups -OCH3 is 1. The Morgan fingerprint density at radius 3 is 2.03 bits per heavy atom. The van der Waals surface area contributed by atoms with E-state index >= 15 is 0 Å². The summed E-state index contributed by atoms with van der Waals surface area (Å²) in [6, 6.07) is 22.9. The number of ether oxygens (including phenoxy) is 1. The molecule has 1 fully saturated rings. The number of carbonyl (C=O) groups is 1. The van der Waals surface area contributed by atoms with E-state index in [4.69, 9.17) is 4.74 Å². The smallest absolute Gasteiger partial charge is 0.264 e. The number of nitrogens with zero attached hydrogens (tertiary/aromatic N) is 3. The number of hydrogen-bond donors (Lipinski definition) is 0. The molecule has 1 amide bonds. The second kappa shape index (κ2) is 9.54. The number of sulfonamides is 1. The normalized spacial score (nSPS) is 14.1. The Balaban J connectivity index is 1.40. The minimum absolute atomic E-state index is 0.0928. The highest BCUT2D eigenvalue weighted by molar-refractivity contribution is 7.92. The van der Waals surface area contributed by atoms with Gasteiger partial charge in [-0.2, -0.15) is 0 Å². The highest BCUT2D eigenvalue weighted by atomic mass is 32.2. The molecule has 0 bridgehead atoms. The first-order chi connectivity index (χ1) is 15.9. The van der Waals surface area contributed by atoms with Crippen molar-refractivity contribution >= 4 is 27.3 Å². The zero-order valence-corrected chi connectivity index (χ0v) is 19.5. The second-order valence-electron chi connectivity index (χ2n) is 7.81. The summed E-state index contributed by atoms with van der Waals surface area (Å²) in [5.74, 6) is 0.720. The molecule has 3 aromatic rings. The van der Waals surface area contributed by atoms with Crippen LogP contribution in [0.5, 0.6) is 5.75 Å². The lowest BCUT2D eigenvalue weighted by Crippen LogP contribution is -2.48. The topological polar surface area (TPSA) is 70.2 Å². The number of para-hydroxylation sites is 1. The van der Waals surface area contributed by atoms with Gasteiger partial charge in [-0.1, -0.05) is 18.2 Å². The van der Waals surface area contributed by atoms with Crippen molar-refractivity contribution in [2.45, 2.75) is 4.90 Å². The Bertz CT molecular complexity index is 1190. The summed E-state index contributed by atoms with van der Waals surface area (Å²) >= 11 is 0. The molecule has 0 aromatic heterocycles. The van der Waals surface area contributed by atoms with Gasteiger partial charge < -0.3 is 14.5 Å². The van der Waals surface area contributed by atoms with E-state index in [1.165, 1.54) is 23.5 Å². The molecule has 172 valence electrons. The van der Waals surface area contributed by atoms with E-state index in [1.54, 1.807) is 48.4 Å². The maximum absolute atomic E-state index is 13.0. The van der Waals surface area contributed by atoms with E-state index in [2.05, 4.69) is 4.90 Å². The van der Waals surface area contributed by atoms with Crippen LogP contribution in [0.1, 0.15) is 10.4 Å². The molecule has 33 heavy (non-hydrogen) atoms. The molecular formula is C25H27N3O4S. The van der Waals surface area contributed by atoms with E-state index < -0.39 is 10.0 Å². The molecule has 4 rings (SSSR count). The third-order valence-corrected chi connectivity index (χ3v) is 7.68. The van der Waals surface area contributed by atoms with Crippen molar-refractivity contribution in [2.75, 3.05) is 49.5 Å². The fourth-order valence-corrected chi connectivity index (χ4v) is 5.04. The third-order valence-electron chi connectivity index (χ3n) is 5.88. The molecule has 0 atom stereocenters. The molecule has 0 N–H and O–H groups in total. The van der Waals surface area contributed by atoms with Crippen molar-refractivity contribution < 1.29 is 17.9 Å². The van der Waals surface area contributed by atoms with Crippen molar-refractivity contribution in [1.29, 1.82) is 0 Å².